The molecule has 98 valence electrons. The van der Waals surface area contributed by atoms with E-state index in [0.717, 1.165) is 9.99 Å². The van der Waals surface area contributed by atoms with Crippen LogP contribution in [0.4, 0.5) is 5.69 Å². The molecular weight excluding hydrogens is 320 g/mol. The lowest BCUT2D eigenvalue weighted by atomic mass is 10.2. The normalized spacial score (nSPS) is 10.4. The number of fused-ring (bicyclic) bond motifs is 1. The standard InChI is InChI=1S/C14H9BrN4O/c15-10-8-16-4-3-11(10)19-14(20)9-1-2-12-13(7-9)18-6-5-17-12/h1-8H,(H,16,19,20). The Labute approximate surface area is 123 Å². The quantitative estimate of drug-likeness (QED) is 0.785. The smallest absolute Gasteiger partial charge is 0.255 e. The van der Waals surface area contributed by atoms with E-state index in [1.54, 1.807) is 49.1 Å². The molecule has 0 radical (unpaired) electrons. The lowest BCUT2D eigenvalue weighted by molar-refractivity contribution is 0.102. The first-order chi connectivity index (χ1) is 9.74. The number of hydrogen-bond donors (Lipinski definition) is 1. The number of pyridine rings is 1. The summed E-state index contributed by atoms with van der Waals surface area (Å²) in [5.74, 6) is -0.204. The van der Waals surface area contributed by atoms with Crippen molar-refractivity contribution in [2.75, 3.05) is 5.32 Å². The molecule has 0 atom stereocenters. The molecule has 6 heteroatoms. The zero-order chi connectivity index (χ0) is 13.9. The summed E-state index contributed by atoms with van der Waals surface area (Å²) in [5.41, 5.74) is 2.65. The molecule has 3 aromatic rings. The molecule has 0 saturated heterocycles. The Morgan fingerprint density at radius 1 is 1.05 bits per heavy atom. The number of carbonyl (C=O) groups excluding carboxylic acids is 1. The first-order valence-electron chi connectivity index (χ1n) is 5.86. The molecule has 0 fully saturated rings. The third-order valence-corrected chi connectivity index (χ3v) is 3.38. The van der Waals surface area contributed by atoms with E-state index < -0.39 is 0 Å². The Balaban J connectivity index is 1.91. The van der Waals surface area contributed by atoms with Crippen LogP contribution in [0.3, 0.4) is 0 Å². The predicted molar refractivity (Wildman–Crippen MR) is 79.4 cm³/mol. The molecule has 5 nitrogen and oxygen atoms in total. The molecule has 2 aromatic heterocycles. The van der Waals surface area contributed by atoms with Crippen LogP contribution in [0.25, 0.3) is 11.0 Å². The van der Waals surface area contributed by atoms with Gasteiger partial charge < -0.3 is 5.32 Å². The minimum atomic E-state index is -0.204. The van der Waals surface area contributed by atoms with Crippen molar-refractivity contribution < 1.29 is 4.79 Å². The summed E-state index contributed by atoms with van der Waals surface area (Å²) in [6, 6.07) is 6.94. The lowest BCUT2D eigenvalue weighted by Gasteiger charge is -2.07. The van der Waals surface area contributed by atoms with Gasteiger partial charge in [0.15, 0.2) is 0 Å². The third-order valence-electron chi connectivity index (χ3n) is 2.75. The van der Waals surface area contributed by atoms with Gasteiger partial charge in [0.25, 0.3) is 5.91 Å². The molecule has 0 aliphatic rings. The monoisotopic (exact) mass is 328 g/mol. The second kappa shape index (κ2) is 5.34. The van der Waals surface area contributed by atoms with Gasteiger partial charge in [0.1, 0.15) is 0 Å². The van der Waals surface area contributed by atoms with Gasteiger partial charge in [0, 0.05) is 30.4 Å². The molecule has 0 aliphatic heterocycles. The van der Waals surface area contributed by atoms with Crippen LogP contribution in [0, 0.1) is 0 Å². The number of amides is 1. The Hall–Kier alpha value is -2.34. The first kappa shape index (κ1) is 12.7. The molecule has 0 aliphatic carbocycles. The van der Waals surface area contributed by atoms with Crippen LogP contribution in [0.15, 0.2) is 53.5 Å². The molecular formula is C14H9BrN4O. The molecule has 3 rings (SSSR count). The maximum atomic E-state index is 12.2. The number of hydrogen-bond acceptors (Lipinski definition) is 4. The predicted octanol–water partition coefficient (Wildman–Crippen LogP) is 3.04. The number of aromatic nitrogens is 3. The topological polar surface area (TPSA) is 67.8 Å². The highest BCUT2D eigenvalue weighted by molar-refractivity contribution is 9.10. The molecule has 0 saturated carbocycles. The maximum absolute atomic E-state index is 12.2. The van der Waals surface area contributed by atoms with Gasteiger partial charge in [-0.1, -0.05) is 0 Å². The summed E-state index contributed by atoms with van der Waals surface area (Å²) in [6.45, 7) is 0. The number of nitrogens with zero attached hydrogens (tertiary/aromatic N) is 3. The fourth-order valence-electron chi connectivity index (χ4n) is 1.78. The van der Waals surface area contributed by atoms with Gasteiger partial charge in [-0.3, -0.25) is 19.7 Å². The van der Waals surface area contributed by atoms with Gasteiger partial charge in [-0.05, 0) is 40.2 Å². The second-order valence-corrected chi connectivity index (χ2v) is 4.92. The second-order valence-electron chi connectivity index (χ2n) is 4.07. The SMILES string of the molecule is O=C(Nc1ccncc1Br)c1ccc2nccnc2c1. The van der Waals surface area contributed by atoms with Crippen molar-refractivity contribution in [3.63, 3.8) is 0 Å². The van der Waals surface area contributed by atoms with E-state index in [2.05, 4.69) is 36.2 Å². The van der Waals surface area contributed by atoms with E-state index in [-0.39, 0.29) is 5.91 Å². The molecule has 0 spiro atoms. The molecule has 0 bridgehead atoms. The summed E-state index contributed by atoms with van der Waals surface area (Å²) in [4.78, 5) is 24.5. The Bertz CT molecular complexity index is 791. The van der Waals surface area contributed by atoms with Gasteiger partial charge in [0.05, 0.1) is 21.2 Å². The van der Waals surface area contributed by atoms with Crippen LogP contribution in [-0.2, 0) is 0 Å². The highest BCUT2D eigenvalue weighted by Crippen LogP contribution is 2.21. The van der Waals surface area contributed by atoms with E-state index in [1.807, 2.05) is 0 Å². The molecule has 2 heterocycles. The van der Waals surface area contributed by atoms with Gasteiger partial charge in [-0.2, -0.15) is 0 Å². The zero-order valence-corrected chi connectivity index (χ0v) is 11.8. The van der Waals surface area contributed by atoms with Gasteiger partial charge in [-0.25, -0.2) is 0 Å². The van der Waals surface area contributed by atoms with E-state index >= 15 is 0 Å². The van der Waals surface area contributed by atoms with Crippen molar-refractivity contribution in [1.82, 2.24) is 15.0 Å². The lowest BCUT2D eigenvalue weighted by Crippen LogP contribution is -2.12. The third kappa shape index (κ3) is 2.50. The summed E-state index contributed by atoms with van der Waals surface area (Å²) < 4.78 is 0.730. The number of benzene rings is 1. The van der Waals surface area contributed by atoms with Crippen molar-refractivity contribution in [1.29, 1.82) is 0 Å². The highest BCUT2D eigenvalue weighted by Gasteiger charge is 2.09. The fraction of sp³-hybridized carbons (Fsp3) is 0. The Morgan fingerprint density at radius 2 is 1.85 bits per heavy atom. The fourth-order valence-corrected chi connectivity index (χ4v) is 2.13. The average molecular weight is 329 g/mol. The first-order valence-corrected chi connectivity index (χ1v) is 6.65. The minimum Gasteiger partial charge on any atom is -0.321 e. The number of anilines is 1. The van der Waals surface area contributed by atoms with Gasteiger partial charge in [0.2, 0.25) is 0 Å². The largest absolute Gasteiger partial charge is 0.321 e. The maximum Gasteiger partial charge on any atom is 0.255 e. The van der Waals surface area contributed by atoms with Crippen LogP contribution in [0.2, 0.25) is 0 Å². The van der Waals surface area contributed by atoms with Crippen molar-refractivity contribution >= 4 is 38.6 Å². The van der Waals surface area contributed by atoms with Crippen LogP contribution in [0.1, 0.15) is 10.4 Å². The molecule has 20 heavy (non-hydrogen) atoms. The van der Waals surface area contributed by atoms with Crippen molar-refractivity contribution in [2.24, 2.45) is 0 Å². The number of rotatable bonds is 2. The zero-order valence-electron chi connectivity index (χ0n) is 10.2. The van der Waals surface area contributed by atoms with Crippen LogP contribution in [0.5, 0.6) is 0 Å². The summed E-state index contributed by atoms with van der Waals surface area (Å²) in [6.07, 6.45) is 6.47. The van der Waals surface area contributed by atoms with Gasteiger partial charge >= 0.3 is 0 Å². The van der Waals surface area contributed by atoms with Crippen LogP contribution in [-0.4, -0.2) is 20.9 Å². The molecule has 1 aromatic carbocycles. The van der Waals surface area contributed by atoms with Gasteiger partial charge in [-0.15, -0.1) is 0 Å². The van der Waals surface area contributed by atoms with Crippen molar-refractivity contribution in [3.05, 3.63) is 59.1 Å². The van der Waals surface area contributed by atoms with E-state index in [0.29, 0.717) is 16.8 Å². The minimum absolute atomic E-state index is 0.204. The number of carbonyl (C=O) groups is 1. The van der Waals surface area contributed by atoms with E-state index in [4.69, 9.17) is 0 Å². The average Bonchev–Trinajstić information content (AvgIpc) is 2.49. The Morgan fingerprint density at radius 3 is 2.65 bits per heavy atom. The number of nitrogens with one attached hydrogen (secondary N) is 1. The summed E-state index contributed by atoms with van der Waals surface area (Å²) in [7, 11) is 0. The van der Waals surface area contributed by atoms with E-state index in [9.17, 15) is 4.79 Å². The highest BCUT2D eigenvalue weighted by atomic mass is 79.9. The number of halogens is 1. The van der Waals surface area contributed by atoms with Crippen LogP contribution < -0.4 is 5.32 Å². The van der Waals surface area contributed by atoms with E-state index in [1.165, 1.54) is 0 Å². The van der Waals surface area contributed by atoms with Crippen molar-refractivity contribution in [2.45, 2.75) is 0 Å². The molecule has 1 N–H and O–H groups in total. The molecule has 0 unspecified atom stereocenters. The van der Waals surface area contributed by atoms with Crippen LogP contribution >= 0.6 is 15.9 Å². The summed E-state index contributed by atoms with van der Waals surface area (Å²) in [5, 5.41) is 2.82. The molecule has 1 amide bonds. The Kier molecular flexibility index (Phi) is 3.39. The summed E-state index contributed by atoms with van der Waals surface area (Å²) >= 11 is 3.34. The van der Waals surface area contributed by atoms with Crippen molar-refractivity contribution in [3.8, 4) is 0 Å².